The second-order valence-corrected chi connectivity index (χ2v) is 3.75. The molecule has 15 heavy (non-hydrogen) atoms. The molecule has 0 fully saturated rings. The lowest BCUT2D eigenvalue weighted by molar-refractivity contribution is 0.0937. The van der Waals surface area contributed by atoms with Gasteiger partial charge in [0.25, 0.3) is 0 Å². The van der Waals surface area contributed by atoms with Gasteiger partial charge in [0, 0.05) is 5.56 Å². The molecule has 0 saturated heterocycles. The second kappa shape index (κ2) is 5.66. The molecule has 0 heterocycles. The average molecular weight is 205 g/mol. The number of aryl methyl sites for hydroxylation is 1. The summed E-state index contributed by atoms with van der Waals surface area (Å²) < 4.78 is 0. The van der Waals surface area contributed by atoms with Crippen LogP contribution in [0.3, 0.4) is 0 Å². The Balaban J connectivity index is 2.64. The first-order chi connectivity index (χ1) is 7.17. The zero-order chi connectivity index (χ0) is 11.3. The van der Waals surface area contributed by atoms with E-state index in [0.29, 0.717) is 6.54 Å². The Morgan fingerprint density at radius 3 is 2.13 bits per heavy atom. The topological polar surface area (TPSA) is 20.3 Å². The number of hydrogen-bond acceptors (Lipinski definition) is 2. The molecule has 0 bridgehead atoms. The molecule has 0 amide bonds. The number of carbonyl (C=O) groups is 1. The van der Waals surface area contributed by atoms with E-state index >= 15 is 0 Å². The van der Waals surface area contributed by atoms with Gasteiger partial charge in [-0.2, -0.15) is 0 Å². The number of benzene rings is 1. The molecular formula is C13H19NO. The van der Waals surface area contributed by atoms with Crippen molar-refractivity contribution in [1.82, 2.24) is 4.90 Å². The quantitative estimate of drug-likeness (QED) is 0.688. The molecule has 1 aromatic rings. The third-order valence-corrected chi connectivity index (χ3v) is 2.64. The number of carbonyl (C=O) groups excluding carboxylic acids is 1. The minimum Gasteiger partial charge on any atom is -0.296 e. The van der Waals surface area contributed by atoms with Crippen LogP contribution in [0.2, 0.25) is 0 Å². The van der Waals surface area contributed by atoms with Crippen LogP contribution in [0.25, 0.3) is 0 Å². The lowest BCUT2D eigenvalue weighted by atomic mass is 10.1. The fourth-order valence-corrected chi connectivity index (χ4v) is 1.48. The van der Waals surface area contributed by atoms with Crippen molar-refractivity contribution in [3.63, 3.8) is 0 Å². The maximum absolute atomic E-state index is 11.8. The SMILES string of the molecule is CCN(CC)CC(=O)c1ccc(C)cc1. The van der Waals surface area contributed by atoms with Gasteiger partial charge in [0.1, 0.15) is 0 Å². The molecule has 2 heteroatoms. The highest BCUT2D eigenvalue weighted by atomic mass is 16.1. The second-order valence-electron chi connectivity index (χ2n) is 3.75. The Labute approximate surface area is 91.9 Å². The molecule has 2 nitrogen and oxygen atoms in total. The first-order valence-corrected chi connectivity index (χ1v) is 5.49. The molecule has 0 spiro atoms. The Morgan fingerprint density at radius 1 is 1.13 bits per heavy atom. The van der Waals surface area contributed by atoms with Gasteiger partial charge in [-0.3, -0.25) is 9.69 Å². The van der Waals surface area contributed by atoms with E-state index in [1.807, 2.05) is 31.2 Å². The summed E-state index contributed by atoms with van der Waals surface area (Å²) in [6.45, 7) is 8.55. The van der Waals surface area contributed by atoms with E-state index in [9.17, 15) is 4.79 Å². The molecule has 0 aliphatic rings. The predicted octanol–water partition coefficient (Wildman–Crippen LogP) is 2.52. The van der Waals surface area contributed by atoms with Crippen LogP contribution in [0.4, 0.5) is 0 Å². The van der Waals surface area contributed by atoms with E-state index in [1.165, 1.54) is 5.56 Å². The average Bonchev–Trinajstić information content (AvgIpc) is 2.26. The summed E-state index contributed by atoms with van der Waals surface area (Å²) in [5.41, 5.74) is 2.00. The van der Waals surface area contributed by atoms with E-state index < -0.39 is 0 Å². The minimum atomic E-state index is 0.207. The molecule has 0 unspecified atom stereocenters. The van der Waals surface area contributed by atoms with Gasteiger partial charge in [-0.05, 0) is 20.0 Å². The summed E-state index contributed by atoms with van der Waals surface area (Å²) in [7, 11) is 0. The first-order valence-electron chi connectivity index (χ1n) is 5.49. The zero-order valence-corrected chi connectivity index (χ0v) is 9.79. The van der Waals surface area contributed by atoms with Gasteiger partial charge >= 0.3 is 0 Å². The van der Waals surface area contributed by atoms with Crippen LogP contribution in [0, 0.1) is 6.92 Å². The summed E-state index contributed by atoms with van der Waals surface area (Å²) in [5.74, 6) is 0.207. The summed E-state index contributed by atoms with van der Waals surface area (Å²) in [6.07, 6.45) is 0. The number of likely N-dealkylation sites (N-methyl/N-ethyl adjacent to an activating group) is 1. The van der Waals surface area contributed by atoms with Crippen LogP contribution in [-0.2, 0) is 0 Å². The number of Topliss-reactive ketones (excluding diaryl/α,β-unsaturated/α-hetero) is 1. The van der Waals surface area contributed by atoms with Crippen LogP contribution in [0.15, 0.2) is 24.3 Å². The van der Waals surface area contributed by atoms with Gasteiger partial charge in [-0.1, -0.05) is 43.7 Å². The summed E-state index contributed by atoms with van der Waals surface area (Å²) in [5, 5.41) is 0. The largest absolute Gasteiger partial charge is 0.296 e. The molecule has 0 saturated carbocycles. The van der Waals surface area contributed by atoms with E-state index in [0.717, 1.165) is 18.7 Å². The molecule has 0 aliphatic carbocycles. The van der Waals surface area contributed by atoms with Gasteiger partial charge in [0.2, 0.25) is 0 Å². The molecule has 0 aliphatic heterocycles. The molecule has 1 rings (SSSR count). The maximum atomic E-state index is 11.8. The molecule has 1 aromatic carbocycles. The summed E-state index contributed by atoms with van der Waals surface area (Å²) in [4.78, 5) is 14.0. The minimum absolute atomic E-state index is 0.207. The normalized spacial score (nSPS) is 10.7. The molecular weight excluding hydrogens is 186 g/mol. The third kappa shape index (κ3) is 3.48. The lowest BCUT2D eigenvalue weighted by Crippen LogP contribution is -2.29. The monoisotopic (exact) mass is 205 g/mol. The maximum Gasteiger partial charge on any atom is 0.176 e. The number of rotatable bonds is 5. The van der Waals surface area contributed by atoms with E-state index in [-0.39, 0.29) is 5.78 Å². The van der Waals surface area contributed by atoms with Gasteiger partial charge in [-0.25, -0.2) is 0 Å². The van der Waals surface area contributed by atoms with Crippen molar-refractivity contribution in [2.24, 2.45) is 0 Å². The summed E-state index contributed by atoms with van der Waals surface area (Å²) >= 11 is 0. The third-order valence-electron chi connectivity index (χ3n) is 2.64. The van der Waals surface area contributed by atoms with Crippen LogP contribution >= 0.6 is 0 Å². The van der Waals surface area contributed by atoms with Crippen LogP contribution < -0.4 is 0 Å². The Kier molecular flexibility index (Phi) is 4.50. The zero-order valence-electron chi connectivity index (χ0n) is 9.79. The highest BCUT2D eigenvalue weighted by Gasteiger charge is 2.09. The molecule has 0 aromatic heterocycles. The van der Waals surface area contributed by atoms with Crippen LogP contribution in [-0.4, -0.2) is 30.3 Å². The van der Waals surface area contributed by atoms with Crippen molar-refractivity contribution in [3.8, 4) is 0 Å². The standard InChI is InChI=1S/C13H19NO/c1-4-14(5-2)10-13(15)12-8-6-11(3)7-9-12/h6-9H,4-5,10H2,1-3H3. The van der Waals surface area contributed by atoms with Crippen molar-refractivity contribution < 1.29 is 4.79 Å². The van der Waals surface area contributed by atoms with Crippen LogP contribution in [0.5, 0.6) is 0 Å². The smallest absolute Gasteiger partial charge is 0.176 e. The van der Waals surface area contributed by atoms with Crippen molar-refractivity contribution in [2.45, 2.75) is 20.8 Å². The molecule has 82 valence electrons. The van der Waals surface area contributed by atoms with E-state index in [1.54, 1.807) is 0 Å². The van der Waals surface area contributed by atoms with E-state index in [2.05, 4.69) is 18.7 Å². The van der Waals surface area contributed by atoms with Crippen molar-refractivity contribution in [3.05, 3.63) is 35.4 Å². The Bertz CT molecular complexity index is 312. The van der Waals surface area contributed by atoms with Gasteiger partial charge in [0.05, 0.1) is 6.54 Å². The molecule has 0 N–H and O–H groups in total. The fraction of sp³-hybridized carbons (Fsp3) is 0.462. The highest BCUT2D eigenvalue weighted by Crippen LogP contribution is 2.05. The van der Waals surface area contributed by atoms with E-state index in [4.69, 9.17) is 0 Å². The highest BCUT2D eigenvalue weighted by molar-refractivity contribution is 5.97. The van der Waals surface area contributed by atoms with Gasteiger partial charge in [-0.15, -0.1) is 0 Å². The Hall–Kier alpha value is -1.15. The number of ketones is 1. The predicted molar refractivity (Wildman–Crippen MR) is 63.3 cm³/mol. The van der Waals surface area contributed by atoms with Crippen molar-refractivity contribution in [1.29, 1.82) is 0 Å². The fourth-order valence-electron chi connectivity index (χ4n) is 1.48. The first kappa shape index (κ1) is 11.9. The number of hydrogen-bond donors (Lipinski definition) is 0. The summed E-state index contributed by atoms with van der Waals surface area (Å²) in [6, 6.07) is 7.77. The molecule has 0 radical (unpaired) electrons. The van der Waals surface area contributed by atoms with Crippen molar-refractivity contribution >= 4 is 5.78 Å². The Morgan fingerprint density at radius 2 is 1.67 bits per heavy atom. The van der Waals surface area contributed by atoms with Crippen LogP contribution in [0.1, 0.15) is 29.8 Å². The van der Waals surface area contributed by atoms with Gasteiger partial charge in [0.15, 0.2) is 5.78 Å². The number of nitrogens with zero attached hydrogens (tertiary/aromatic N) is 1. The lowest BCUT2D eigenvalue weighted by Gasteiger charge is -2.16. The van der Waals surface area contributed by atoms with Crippen molar-refractivity contribution in [2.75, 3.05) is 19.6 Å². The van der Waals surface area contributed by atoms with Gasteiger partial charge < -0.3 is 0 Å². The molecule has 0 atom stereocenters.